The summed E-state index contributed by atoms with van der Waals surface area (Å²) in [4.78, 5) is 16.1. The monoisotopic (exact) mass is 238 g/mol. The molecule has 0 atom stereocenters. The summed E-state index contributed by atoms with van der Waals surface area (Å²) in [5.41, 5.74) is 1.97. The third-order valence-electron chi connectivity index (χ3n) is 2.59. The maximum Gasteiger partial charge on any atom is 0.255 e. The summed E-state index contributed by atoms with van der Waals surface area (Å²) < 4.78 is 0. The van der Waals surface area contributed by atoms with Gasteiger partial charge in [0.1, 0.15) is 0 Å². The number of fused-ring (bicyclic) bond motifs is 1. The summed E-state index contributed by atoms with van der Waals surface area (Å²) in [5.74, 6) is -0.153. The standard InChI is InChI=1S/C13H10N4O/c18-13(9-4-2-1-3-5-9)16-11-6-10-7-15-17-12(10)14-8-11/h1-8H,(H,16,18)(H,14,15,17). The van der Waals surface area contributed by atoms with Gasteiger partial charge in [0.05, 0.1) is 18.1 Å². The molecule has 0 aliphatic heterocycles. The lowest BCUT2D eigenvalue weighted by Crippen LogP contribution is -2.11. The van der Waals surface area contributed by atoms with E-state index >= 15 is 0 Å². The first kappa shape index (κ1) is 10.5. The molecular formula is C13H10N4O. The van der Waals surface area contributed by atoms with Crippen LogP contribution in [0.5, 0.6) is 0 Å². The zero-order chi connectivity index (χ0) is 12.4. The Morgan fingerprint density at radius 1 is 1.17 bits per heavy atom. The van der Waals surface area contributed by atoms with Gasteiger partial charge in [-0.1, -0.05) is 18.2 Å². The van der Waals surface area contributed by atoms with Gasteiger partial charge in [-0.05, 0) is 18.2 Å². The number of benzene rings is 1. The van der Waals surface area contributed by atoms with Crippen LogP contribution in [0.15, 0.2) is 48.8 Å². The summed E-state index contributed by atoms with van der Waals surface area (Å²) in [6, 6.07) is 10.9. The number of pyridine rings is 1. The Kier molecular flexibility index (Phi) is 2.49. The van der Waals surface area contributed by atoms with E-state index in [1.54, 1.807) is 24.5 Å². The Hall–Kier alpha value is -2.69. The second kappa shape index (κ2) is 4.29. The van der Waals surface area contributed by atoms with Crippen molar-refractivity contribution in [3.05, 3.63) is 54.4 Å². The fraction of sp³-hybridized carbons (Fsp3) is 0. The highest BCUT2D eigenvalue weighted by Gasteiger charge is 2.06. The minimum absolute atomic E-state index is 0.153. The second-order valence-electron chi connectivity index (χ2n) is 3.85. The fourth-order valence-corrected chi connectivity index (χ4v) is 1.70. The van der Waals surface area contributed by atoms with E-state index in [0.717, 1.165) is 5.39 Å². The average molecular weight is 238 g/mol. The number of aromatic nitrogens is 3. The molecule has 0 aliphatic carbocycles. The highest BCUT2D eigenvalue weighted by Crippen LogP contribution is 2.14. The smallest absolute Gasteiger partial charge is 0.255 e. The Morgan fingerprint density at radius 2 is 2.00 bits per heavy atom. The molecule has 3 rings (SSSR count). The molecule has 0 radical (unpaired) electrons. The lowest BCUT2D eigenvalue weighted by atomic mass is 10.2. The molecule has 0 saturated heterocycles. The number of carbonyl (C=O) groups excluding carboxylic acids is 1. The summed E-state index contributed by atoms with van der Waals surface area (Å²) in [6.45, 7) is 0. The van der Waals surface area contributed by atoms with E-state index in [-0.39, 0.29) is 5.91 Å². The molecule has 0 fully saturated rings. The van der Waals surface area contributed by atoms with Gasteiger partial charge in [0.25, 0.3) is 5.91 Å². The molecule has 2 N–H and O–H groups in total. The minimum atomic E-state index is -0.153. The van der Waals surface area contributed by atoms with Crippen LogP contribution >= 0.6 is 0 Å². The molecule has 5 nitrogen and oxygen atoms in total. The number of carbonyl (C=O) groups is 1. The molecule has 18 heavy (non-hydrogen) atoms. The lowest BCUT2D eigenvalue weighted by molar-refractivity contribution is 0.102. The van der Waals surface area contributed by atoms with Gasteiger partial charge >= 0.3 is 0 Å². The van der Waals surface area contributed by atoms with Crippen molar-refractivity contribution in [3.63, 3.8) is 0 Å². The SMILES string of the molecule is O=C(Nc1cnc2[nH]ncc2c1)c1ccccc1. The molecule has 0 unspecified atom stereocenters. The van der Waals surface area contributed by atoms with Gasteiger partial charge in [-0.25, -0.2) is 4.98 Å². The van der Waals surface area contributed by atoms with Crippen LogP contribution in [0.1, 0.15) is 10.4 Å². The highest BCUT2D eigenvalue weighted by molar-refractivity contribution is 6.04. The number of aromatic amines is 1. The average Bonchev–Trinajstić information content (AvgIpc) is 2.87. The van der Waals surface area contributed by atoms with E-state index in [1.165, 1.54) is 0 Å². The Balaban J connectivity index is 1.86. The first-order valence-corrected chi connectivity index (χ1v) is 5.48. The van der Waals surface area contributed by atoms with Crippen LogP contribution in [0.2, 0.25) is 0 Å². The van der Waals surface area contributed by atoms with Crippen molar-refractivity contribution in [2.45, 2.75) is 0 Å². The predicted molar refractivity (Wildman–Crippen MR) is 68.3 cm³/mol. The molecule has 1 amide bonds. The number of anilines is 1. The summed E-state index contributed by atoms with van der Waals surface area (Å²) in [5, 5.41) is 10.3. The van der Waals surface area contributed by atoms with Crippen molar-refractivity contribution in [3.8, 4) is 0 Å². The fourth-order valence-electron chi connectivity index (χ4n) is 1.70. The first-order valence-electron chi connectivity index (χ1n) is 5.48. The maximum atomic E-state index is 11.9. The van der Waals surface area contributed by atoms with Gasteiger partial charge in [0.15, 0.2) is 5.65 Å². The largest absolute Gasteiger partial charge is 0.321 e. The van der Waals surface area contributed by atoms with Crippen LogP contribution in [0.25, 0.3) is 11.0 Å². The molecule has 2 aromatic heterocycles. The van der Waals surface area contributed by atoms with Gasteiger partial charge < -0.3 is 5.32 Å². The number of H-pyrrole nitrogens is 1. The van der Waals surface area contributed by atoms with Crippen LogP contribution in [-0.2, 0) is 0 Å². The van der Waals surface area contributed by atoms with Gasteiger partial charge in [0, 0.05) is 10.9 Å². The lowest BCUT2D eigenvalue weighted by Gasteiger charge is -2.04. The number of nitrogens with zero attached hydrogens (tertiary/aromatic N) is 2. The Bertz CT molecular complexity index is 690. The van der Waals surface area contributed by atoms with Crippen LogP contribution in [0.3, 0.4) is 0 Å². The molecule has 0 bridgehead atoms. The van der Waals surface area contributed by atoms with Gasteiger partial charge in [-0.3, -0.25) is 9.89 Å². The number of rotatable bonds is 2. The first-order chi connectivity index (χ1) is 8.83. The molecule has 1 aromatic carbocycles. The van der Waals surface area contributed by atoms with E-state index in [9.17, 15) is 4.79 Å². The van der Waals surface area contributed by atoms with Crippen LogP contribution in [-0.4, -0.2) is 21.1 Å². The Morgan fingerprint density at radius 3 is 2.83 bits per heavy atom. The van der Waals surface area contributed by atoms with E-state index in [2.05, 4.69) is 20.5 Å². The maximum absolute atomic E-state index is 11.9. The third-order valence-corrected chi connectivity index (χ3v) is 2.59. The van der Waals surface area contributed by atoms with Crippen LogP contribution in [0.4, 0.5) is 5.69 Å². The summed E-state index contributed by atoms with van der Waals surface area (Å²) >= 11 is 0. The predicted octanol–water partition coefficient (Wildman–Crippen LogP) is 2.21. The zero-order valence-electron chi connectivity index (χ0n) is 9.42. The molecule has 2 heterocycles. The van der Waals surface area contributed by atoms with Crippen molar-refractivity contribution < 1.29 is 4.79 Å². The molecular weight excluding hydrogens is 228 g/mol. The Labute approximate surface area is 103 Å². The number of hydrogen-bond donors (Lipinski definition) is 2. The van der Waals surface area contributed by atoms with Crippen molar-refractivity contribution in [2.75, 3.05) is 5.32 Å². The number of nitrogens with one attached hydrogen (secondary N) is 2. The zero-order valence-corrected chi connectivity index (χ0v) is 9.42. The summed E-state index contributed by atoms with van der Waals surface area (Å²) in [7, 11) is 0. The number of amides is 1. The van der Waals surface area contributed by atoms with Crippen molar-refractivity contribution in [2.24, 2.45) is 0 Å². The van der Waals surface area contributed by atoms with E-state index < -0.39 is 0 Å². The normalized spacial score (nSPS) is 10.4. The van der Waals surface area contributed by atoms with Crippen molar-refractivity contribution in [1.82, 2.24) is 15.2 Å². The van der Waals surface area contributed by atoms with Crippen molar-refractivity contribution in [1.29, 1.82) is 0 Å². The van der Waals surface area contributed by atoms with E-state index in [0.29, 0.717) is 16.9 Å². The van der Waals surface area contributed by atoms with E-state index in [1.807, 2.05) is 24.3 Å². The quantitative estimate of drug-likeness (QED) is 0.719. The van der Waals surface area contributed by atoms with Gasteiger partial charge in [0.2, 0.25) is 0 Å². The second-order valence-corrected chi connectivity index (χ2v) is 3.85. The molecule has 0 saturated carbocycles. The van der Waals surface area contributed by atoms with E-state index in [4.69, 9.17) is 0 Å². The van der Waals surface area contributed by atoms with Crippen LogP contribution in [0, 0.1) is 0 Å². The molecule has 88 valence electrons. The molecule has 5 heteroatoms. The number of hydrogen-bond acceptors (Lipinski definition) is 3. The molecule has 0 aliphatic rings. The van der Waals surface area contributed by atoms with Gasteiger partial charge in [-0.15, -0.1) is 0 Å². The minimum Gasteiger partial charge on any atom is -0.321 e. The van der Waals surface area contributed by atoms with Crippen LogP contribution < -0.4 is 5.32 Å². The van der Waals surface area contributed by atoms with Gasteiger partial charge in [-0.2, -0.15) is 5.10 Å². The highest BCUT2D eigenvalue weighted by atomic mass is 16.1. The molecule has 3 aromatic rings. The van der Waals surface area contributed by atoms with Crippen molar-refractivity contribution >= 4 is 22.6 Å². The summed E-state index contributed by atoms with van der Waals surface area (Å²) in [6.07, 6.45) is 3.27. The molecule has 0 spiro atoms. The topological polar surface area (TPSA) is 70.7 Å². The third kappa shape index (κ3) is 1.93.